The minimum atomic E-state index is 0.0910. The summed E-state index contributed by atoms with van der Waals surface area (Å²) in [5, 5.41) is 4.43. The summed E-state index contributed by atoms with van der Waals surface area (Å²) in [5.74, 6) is 5.77. The number of hydrazine groups is 1. The lowest BCUT2D eigenvalue weighted by molar-refractivity contribution is 0.280. The summed E-state index contributed by atoms with van der Waals surface area (Å²) in [4.78, 5) is 2.40. The lowest BCUT2D eigenvalue weighted by atomic mass is 10.1. The summed E-state index contributed by atoms with van der Waals surface area (Å²) in [6.07, 6.45) is 2.78. The van der Waals surface area contributed by atoms with E-state index in [2.05, 4.69) is 41.4 Å². The fourth-order valence-corrected chi connectivity index (χ4v) is 2.53. The standard InChI is InChI=1S/C16H25N5/c1-3-20(4-2)13-11-15(19-17)16-10-12-18-21(16)14-8-6-5-7-9-14/h5-10,12,15,19H,3-4,11,13,17H2,1-2H3. The zero-order chi connectivity index (χ0) is 15.1. The molecule has 0 bridgehead atoms. The molecular formula is C16H25N5. The fourth-order valence-electron chi connectivity index (χ4n) is 2.53. The van der Waals surface area contributed by atoms with Crippen molar-refractivity contribution in [2.75, 3.05) is 19.6 Å². The molecule has 1 aromatic heterocycles. The van der Waals surface area contributed by atoms with E-state index in [4.69, 9.17) is 5.84 Å². The molecular weight excluding hydrogens is 262 g/mol. The number of nitrogens with one attached hydrogen (secondary N) is 1. The van der Waals surface area contributed by atoms with E-state index in [1.54, 1.807) is 0 Å². The topological polar surface area (TPSA) is 59.1 Å². The SMILES string of the molecule is CCN(CC)CCC(NN)c1ccnn1-c1ccccc1. The highest BCUT2D eigenvalue weighted by atomic mass is 15.3. The third-order valence-corrected chi connectivity index (χ3v) is 3.86. The predicted molar refractivity (Wildman–Crippen MR) is 86.0 cm³/mol. The Morgan fingerprint density at radius 2 is 1.90 bits per heavy atom. The average Bonchev–Trinajstić information content (AvgIpc) is 3.02. The van der Waals surface area contributed by atoms with Crippen molar-refractivity contribution in [3.63, 3.8) is 0 Å². The molecule has 0 aliphatic rings. The Kier molecular flexibility index (Phi) is 5.92. The first-order valence-corrected chi connectivity index (χ1v) is 7.58. The smallest absolute Gasteiger partial charge is 0.0649 e. The van der Waals surface area contributed by atoms with Gasteiger partial charge in [-0.15, -0.1) is 0 Å². The minimum Gasteiger partial charge on any atom is -0.304 e. The van der Waals surface area contributed by atoms with Crippen LogP contribution in [0.3, 0.4) is 0 Å². The fraction of sp³-hybridized carbons (Fsp3) is 0.438. The van der Waals surface area contributed by atoms with Gasteiger partial charge in [-0.05, 0) is 37.7 Å². The number of para-hydroxylation sites is 1. The van der Waals surface area contributed by atoms with Crippen LogP contribution in [0.5, 0.6) is 0 Å². The van der Waals surface area contributed by atoms with Gasteiger partial charge in [-0.2, -0.15) is 5.10 Å². The Morgan fingerprint density at radius 3 is 2.52 bits per heavy atom. The van der Waals surface area contributed by atoms with Crippen LogP contribution in [-0.2, 0) is 0 Å². The Morgan fingerprint density at radius 1 is 1.19 bits per heavy atom. The number of benzene rings is 1. The molecule has 5 heteroatoms. The van der Waals surface area contributed by atoms with Crippen LogP contribution < -0.4 is 11.3 Å². The third kappa shape index (κ3) is 3.91. The second-order valence-electron chi connectivity index (χ2n) is 5.04. The van der Waals surface area contributed by atoms with Gasteiger partial charge in [0.1, 0.15) is 0 Å². The lowest BCUT2D eigenvalue weighted by Crippen LogP contribution is -2.33. The highest BCUT2D eigenvalue weighted by Crippen LogP contribution is 2.19. The monoisotopic (exact) mass is 287 g/mol. The van der Waals surface area contributed by atoms with Gasteiger partial charge >= 0.3 is 0 Å². The quantitative estimate of drug-likeness (QED) is 0.577. The third-order valence-electron chi connectivity index (χ3n) is 3.86. The molecule has 0 aliphatic carbocycles. The molecule has 0 amide bonds. The number of rotatable bonds is 8. The summed E-state index contributed by atoms with van der Waals surface area (Å²) in [5.41, 5.74) is 5.08. The molecule has 2 rings (SSSR count). The van der Waals surface area contributed by atoms with Gasteiger partial charge in [0.15, 0.2) is 0 Å². The van der Waals surface area contributed by atoms with Crippen molar-refractivity contribution in [2.24, 2.45) is 5.84 Å². The van der Waals surface area contributed by atoms with Crippen LogP contribution in [-0.4, -0.2) is 34.3 Å². The van der Waals surface area contributed by atoms with Crippen LogP contribution >= 0.6 is 0 Å². The van der Waals surface area contributed by atoms with Crippen LogP contribution in [0.1, 0.15) is 32.0 Å². The highest BCUT2D eigenvalue weighted by molar-refractivity contribution is 5.33. The zero-order valence-corrected chi connectivity index (χ0v) is 12.9. The normalized spacial score (nSPS) is 12.8. The molecule has 1 atom stereocenters. The van der Waals surface area contributed by atoms with Crippen LogP contribution in [0.15, 0.2) is 42.6 Å². The molecule has 0 fully saturated rings. The van der Waals surface area contributed by atoms with Gasteiger partial charge in [0.2, 0.25) is 0 Å². The van der Waals surface area contributed by atoms with Crippen LogP contribution in [0.4, 0.5) is 0 Å². The Bertz CT molecular complexity index is 518. The van der Waals surface area contributed by atoms with E-state index in [0.29, 0.717) is 0 Å². The molecule has 5 nitrogen and oxygen atoms in total. The van der Waals surface area contributed by atoms with Crippen molar-refractivity contribution in [1.82, 2.24) is 20.1 Å². The molecule has 0 saturated carbocycles. The van der Waals surface area contributed by atoms with Crippen LogP contribution in [0.2, 0.25) is 0 Å². The maximum Gasteiger partial charge on any atom is 0.0649 e. The Hall–Kier alpha value is -1.69. The first-order valence-electron chi connectivity index (χ1n) is 7.58. The first kappa shape index (κ1) is 15.7. The average molecular weight is 287 g/mol. The van der Waals surface area contributed by atoms with Crippen molar-refractivity contribution in [2.45, 2.75) is 26.3 Å². The molecule has 1 aromatic carbocycles. The molecule has 2 aromatic rings. The van der Waals surface area contributed by atoms with E-state index in [9.17, 15) is 0 Å². The second-order valence-corrected chi connectivity index (χ2v) is 5.04. The van der Waals surface area contributed by atoms with Gasteiger partial charge in [0.05, 0.1) is 17.4 Å². The first-order chi connectivity index (χ1) is 10.3. The molecule has 114 valence electrons. The van der Waals surface area contributed by atoms with E-state index >= 15 is 0 Å². The number of hydrogen-bond donors (Lipinski definition) is 2. The molecule has 1 unspecified atom stereocenters. The van der Waals surface area contributed by atoms with Gasteiger partial charge in [-0.25, -0.2) is 4.68 Å². The van der Waals surface area contributed by atoms with Gasteiger partial charge in [-0.1, -0.05) is 32.0 Å². The second kappa shape index (κ2) is 7.93. The van der Waals surface area contributed by atoms with E-state index in [1.165, 1.54) is 0 Å². The summed E-state index contributed by atoms with van der Waals surface area (Å²) < 4.78 is 1.95. The summed E-state index contributed by atoms with van der Waals surface area (Å²) >= 11 is 0. The maximum atomic E-state index is 5.77. The Balaban J connectivity index is 2.14. The van der Waals surface area contributed by atoms with Gasteiger partial charge in [0.25, 0.3) is 0 Å². The highest BCUT2D eigenvalue weighted by Gasteiger charge is 2.16. The van der Waals surface area contributed by atoms with Crippen molar-refractivity contribution >= 4 is 0 Å². The van der Waals surface area contributed by atoms with E-state index in [-0.39, 0.29) is 6.04 Å². The number of nitrogens with zero attached hydrogens (tertiary/aromatic N) is 3. The predicted octanol–water partition coefficient (Wildman–Crippen LogP) is 2.11. The van der Waals surface area contributed by atoms with E-state index in [0.717, 1.165) is 37.4 Å². The summed E-state index contributed by atoms with van der Waals surface area (Å²) in [6, 6.07) is 12.3. The van der Waals surface area contributed by atoms with Crippen LogP contribution in [0.25, 0.3) is 5.69 Å². The van der Waals surface area contributed by atoms with E-state index in [1.807, 2.05) is 35.1 Å². The number of aromatic nitrogens is 2. The van der Waals surface area contributed by atoms with Gasteiger partial charge in [-0.3, -0.25) is 11.3 Å². The van der Waals surface area contributed by atoms with Gasteiger partial charge < -0.3 is 4.90 Å². The van der Waals surface area contributed by atoms with Crippen LogP contribution in [0, 0.1) is 0 Å². The molecule has 0 spiro atoms. The molecule has 1 heterocycles. The molecule has 0 radical (unpaired) electrons. The largest absolute Gasteiger partial charge is 0.304 e. The molecule has 0 saturated heterocycles. The minimum absolute atomic E-state index is 0.0910. The maximum absolute atomic E-state index is 5.77. The molecule has 3 N–H and O–H groups in total. The van der Waals surface area contributed by atoms with Crippen molar-refractivity contribution in [1.29, 1.82) is 0 Å². The summed E-state index contributed by atoms with van der Waals surface area (Å²) in [6.45, 7) is 7.50. The molecule has 0 aliphatic heterocycles. The Labute approximate surface area is 126 Å². The summed E-state index contributed by atoms with van der Waals surface area (Å²) in [7, 11) is 0. The van der Waals surface area contributed by atoms with Crippen molar-refractivity contribution < 1.29 is 0 Å². The van der Waals surface area contributed by atoms with Gasteiger partial charge in [0, 0.05) is 12.7 Å². The van der Waals surface area contributed by atoms with E-state index < -0.39 is 0 Å². The molecule has 21 heavy (non-hydrogen) atoms. The number of nitrogens with two attached hydrogens (primary N) is 1. The van der Waals surface area contributed by atoms with Crippen molar-refractivity contribution in [3.05, 3.63) is 48.3 Å². The zero-order valence-electron chi connectivity index (χ0n) is 12.9. The lowest BCUT2D eigenvalue weighted by Gasteiger charge is -2.23. The number of hydrogen-bond acceptors (Lipinski definition) is 4. The van der Waals surface area contributed by atoms with Crippen molar-refractivity contribution in [3.8, 4) is 5.69 Å².